The Bertz CT molecular complexity index is 647. The summed E-state index contributed by atoms with van der Waals surface area (Å²) in [6.07, 6.45) is 8.59. The van der Waals surface area contributed by atoms with Crippen LogP contribution >= 0.6 is 0 Å². The van der Waals surface area contributed by atoms with Crippen molar-refractivity contribution >= 4 is 11.8 Å². The Kier molecular flexibility index (Phi) is 6.70. The molecule has 25 heavy (non-hydrogen) atoms. The SMILES string of the molecule is COC1C=CC=C(F)C1C(=O)NC1=C(C(=O)NCC(C)C)CCC=C1. The van der Waals surface area contributed by atoms with Crippen molar-refractivity contribution in [3.05, 3.63) is 47.5 Å². The van der Waals surface area contributed by atoms with Gasteiger partial charge in [-0.05, 0) is 30.9 Å². The van der Waals surface area contributed by atoms with Crippen molar-refractivity contribution in [1.29, 1.82) is 0 Å². The Balaban J connectivity index is 2.16. The van der Waals surface area contributed by atoms with Gasteiger partial charge in [0.15, 0.2) is 0 Å². The second kappa shape index (κ2) is 8.76. The number of ether oxygens (including phenoxy) is 1. The molecule has 2 amide bonds. The van der Waals surface area contributed by atoms with E-state index >= 15 is 0 Å². The first-order chi connectivity index (χ1) is 11.9. The molecule has 2 rings (SSSR count). The van der Waals surface area contributed by atoms with Crippen LogP contribution in [0, 0.1) is 11.8 Å². The van der Waals surface area contributed by atoms with Gasteiger partial charge in [0.25, 0.3) is 0 Å². The van der Waals surface area contributed by atoms with E-state index in [2.05, 4.69) is 10.6 Å². The minimum atomic E-state index is -1.06. The fraction of sp³-hybridized carbons (Fsp3) is 0.474. The highest BCUT2D eigenvalue weighted by atomic mass is 19.1. The molecule has 0 fully saturated rings. The summed E-state index contributed by atoms with van der Waals surface area (Å²) in [5.41, 5.74) is 0.941. The topological polar surface area (TPSA) is 67.4 Å². The lowest BCUT2D eigenvalue weighted by molar-refractivity contribution is -0.126. The second-order valence-electron chi connectivity index (χ2n) is 6.54. The third-order valence-corrected chi connectivity index (χ3v) is 4.11. The smallest absolute Gasteiger partial charge is 0.249 e. The first-order valence-electron chi connectivity index (χ1n) is 8.49. The standard InChI is InChI=1S/C19H25FN2O3/c1-12(2)11-21-18(23)13-7-4-5-9-15(13)22-19(24)17-14(20)8-6-10-16(17)25-3/h5-6,8-10,12,16-17H,4,7,11H2,1-3H3,(H,21,23)(H,22,24). The van der Waals surface area contributed by atoms with E-state index in [9.17, 15) is 14.0 Å². The van der Waals surface area contributed by atoms with Crippen LogP contribution in [0.4, 0.5) is 4.39 Å². The number of hydrogen-bond acceptors (Lipinski definition) is 3. The van der Waals surface area contributed by atoms with Gasteiger partial charge >= 0.3 is 0 Å². The van der Waals surface area contributed by atoms with E-state index in [0.29, 0.717) is 30.2 Å². The average molecular weight is 348 g/mol. The fourth-order valence-corrected chi connectivity index (χ4v) is 2.75. The van der Waals surface area contributed by atoms with Crippen LogP contribution in [0.5, 0.6) is 0 Å². The summed E-state index contributed by atoms with van der Waals surface area (Å²) in [6.45, 7) is 4.58. The van der Waals surface area contributed by atoms with E-state index in [1.807, 2.05) is 19.9 Å². The van der Waals surface area contributed by atoms with Gasteiger partial charge in [-0.25, -0.2) is 4.39 Å². The number of nitrogens with one attached hydrogen (secondary N) is 2. The minimum Gasteiger partial charge on any atom is -0.376 e. The number of amides is 2. The summed E-state index contributed by atoms with van der Waals surface area (Å²) in [7, 11) is 1.43. The van der Waals surface area contributed by atoms with E-state index in [0.717, 1.165) is 6.42 Å². The predicted octanol–water partition coefficient (Wildman–Crippen LogP) is 2.53. The largest absolute Gasteiger partial charge is 0.376 e. The molecule has 0 saturated carbocycles. The van der Waals surface area contributed by atoms with E-state index in [4.69, 9.17) is 4.74 Å². The first-order valence-corrected chi connectivity index (χ1v) is 8.49. The lowest BCUT2D eigenvalue weighted by Gasteiger charge is -2.25. The first kappa shape index (κ1) is 19.1. The molecule has 2 aliphatic rings. The minimum absolute atomic E-state index is 0.198. The number of rotatable bonds is 6. The Morgan fingerprint density at radius 3 is 2.84 bits per heavy atom. The zero-order chi connectivity index (χ0) is 18.4. The van der Waals surface area contributed by atoms with Gasteiger partial charge in [0, 0.05) is 24.9 Å². The van der Waals surface area contributed by atoms with Gasteiger partial charge in [0.05, 0.1) is 6.10 Å². The maximum Gasteiger partial charge on any atom is 0.249 e. The van der Waals surface area contributed by atoms with E-state index in [1.54, 1.807) is 12.2 Å². The highest BCUT2D eigenvalue weighted by molar-refractivity contribution is 5.96. The number of carbonyl (C=O) groups excluding carboxylic acids is 2. The van der Waals surface area contributed by atoms with Crippen LogP contribution in [0.3, 0.4) is 0 Å². The normalized spacial score (nSPS) is 22.8. The van der Waals surface area contributed by atoms with Crippen LogP contribution in [-0.2, 0) is 14.3 Å². The van der Waals surface area contributed by atoms with E-state index < -0.39 is 23.8 Å². The molecule has 0 heterocycles. The van der Waals surface area contributed by atoms with E-state index in [-0.39, 0.29) is 5.91 Å². The molecule has 2 aliphatic carbocycles. The molecule has 0 aromatic heterocycles. The second-order valence-corrected chi connectivity index (χ2v) is 6.54. The molecule has 0 bridgehead atoms. The Labute approximate surface area is 147 Å². The van der Waals surface area contributed by atoms with Crippen LogP contribution < -0.4 is 10.6 Å². The fourth-order valence-electron chi connectivity index (χ4n) is 2.75. The van der Waals surface area contributed by atoms with Gasteiger partial charge in [-0.3, -0.25) is 9.59 Å². The summed E-state index contributed by atoms with van der Waals surface area (Å²) in [5.74, 6) is -2.01. The maximum atomic E-state index is 14.1. The molecule has 0 aromatic rings. The number of carbonyl (C=O) groups is 2. The lowest BCUT2D eigenvalue weighted by Crippen LogP contribution is -2.40. The molecule has 0 spiro atoms. The Morgan fingerprint density at radius 2 is 2.16 bits per heavy atom. The number of hydrogen-bond donors (Lipinski definition) is 2. The summed E-state index contributed by atoms with van der Waals surface area (Å²) in [5, 5.41) is 5.56. The summed E-state index contributed by atoms with van der Waals surface area (Å²) >= 11 is 0. The van der Waals surface area contributed by atoms with Crippen molar-refractivity contribution in [1.82, 2.24) is 10.6 Å². The molecule has 6 heteroatoms. The Hall–Kier alpha value is -2.21. The highest BCUT2D eigenvalue weighted by Gasteiger charge is 2.33. The van der Waals surface area contributed by atoms with Gasteiger partial charge < -0.3 is 15.4 Å². The Morgan fingerprint density at radius 1 is 1.40 bits per heavy atom. The maximum absolute atomic E-state index is 14.1. The van der Waals surface area contributed by atoms with Crippen LogP contribution in [-0.4, -0.2) is 31.6 Å². The van der Waals surface area contributed by atoms with Crippen LogP contribution in [0.25, 0.3) is 0 Å². The van der Waals surface area contributed by atoms with Crippen molar-refractivity contribution in [3.63, 3.8) is 0 Å². The number of methoxy groups -OCH3 is 1. The third-order valence-electron chi connectivity index (χ3n) is 4.11. The van der Waals surface area contributed by atoms with Crippen LogP contribution in [0.1, 0.15) is 26.7 Å². The molecular formula is C19H25FN2O3. The third kappa shape index (κ3) is 4.89. The molecule has 2 atom stereocenters. The zero-order valence-corrected chi connectivity index (χ0v) is 14.8. The highest BCUT2D eigenvalue weighted by Crippen LogP contribution is 2.26. The summed E-state index contributed by atoms with van der Waals surface area (Å²) in [4.78, 5) is 25.0. The quantitative estimate of drug-likeness (QED) is 0.775. The van der Waals surface area contributed by atoms with E-state index in [1.165, 1.54) is 19.3 Å². The predicted molar refractivity (Wildman–Crippen MR) is 94.0 cm³/mol. The van der Waals surface area contributed by atoms with Crippen molar-refractivity contribution in [2.24, 2.45) is 11.8 Å². The molecule has 2 unspecified atom stereocenters. The molecule has 2 N–H and O–H groups in total. The van der Waals surface area contributed by atoms with Crippen molar-refractivity contribution < 1.29 is 18.7 Å². The van der Waals surface area contributed by atoms with Crippen molar-refractivity contribution in [2.75, 3.05) is 13.7 Å². The summed E-state index contributed by atoms with van der Waals surface area (Å²) in [6, 6.07) is 0. The van der Waals surface area contributed by atoms with Gasteiger partial charge in [-0.15, -0.1) is 0 Å². The van der Waals surface area contributed by atoms with Crippen LogP contribution in [0.2, 0.25) is 0 Å². The molecule has 0 aromatic carbocycles. The van der Waals surface area contributed by atoms with Crippen molar-refractivity contribution in [2.45, 2.75) is 32.8 Å². The van der Waals surface area contributed by atoms with Gasteiger partial charge in [-0.1, -0.05) is 32.1 Å². The van der Waals surface area contributed by atoms with Gasteiger partial charge in [0.2, 0.25) is 11.8 Å². The molecule has 136 valence electrons. The molecule has 0 radical (unpaired) electrons. The molecular weight excluding hydrogens is 323 g/mol. The van der Waals surface area contributed by atoms with Gasteiger partial charge in [0.1, 0.15) is 11.7 Å². The summed E-state index contributed by atoms with van der Waals surface area (Å²) < 4.78 is 19.3. The zero-order valence-electron chi connectivity index (χ0n) is 14.8. The molecule has 5 nitrogen and oxygen atoms in total. The monoisotopic (exact) mass is 348 g/mol. The number of halogens is 1. The average Bonchev–Trinajstić information content (AvgIpc) is 2.59. The lowest BCUT2D eigenvalue weighted by atomic mass is 9.94. The van der Waals surface area contributed by atoms with Crippen LogP contribution in [0.15, 0.2) is 47.5 Å². The molecule has 0 aliphatic heterocycles. The molecule has 0 saturated heterocycles. The van der Waals surface area contributed by atoms with Crippen molar-refractivity contribution in [3.8, 4) is 0 Å². The number of allylic oxidation sites excluding steroid dienone is 4. The van der Waals surface area contributed by atoms with Gasteiger partial charge in [-0.2, -0.15) is 0 Å².